The Kier molecular flexibility index (Phi) is 2.04. The van der Waals surface area contributed by atoms with E-state index in [9.17, 15) is 4.79 Å². The van der Waals surface area contributed by atoms with Gasteiger partial charge < -0.3 is 10.8 Å². The van der Waals surface area contributed by atoms with Crippen LogP contribution in [-0.2, 0) is 4.79 Å². The normalized spacial score (nSPS) is 12.8. The number of anilines is 1. The Labute approximate surface area is 66.9 Å². The molecular formula is C5H7N3O2S. The van der Waals surface area contributed by atoms with E-state index in [1.807, 2.05) is 0 Å². The lowest BCUT2D eigenvalue weighted by atomic mass is 10.2. The van der Waals surface area contributed by atoms with Crippen molar-refractivity contribution in [1.82, 2.24) is 10.2 Å². The molecule has 6 heteroatoms. The number of nitrogens with two attached hydrogens (primary N) is 1. The monoisotopic (exact) mass is 173 g/mol. The lowest BCUT2D eigenvalue weighted by Crippen LogP contribution is -2.06. The summed E-state index contributed by atoms with van der Waals surface area (Å²) in [5.74, 6) is -1.54. The molecule has 0 fully saturated rings. The number of rotatable bonds is 2. The van der Waals surface area contributed by atoms with Gasteiger partial charge in [0.15, 0.2) is 0 Å². The number of nitrogens with zero attached hydrogens (tertiary/aromatic N) is 2. The number of carboxylic acid groups (broad SMARTS) is 1. The minimum absolute atomic E-state index is 0.299. The number of aliphatic carboxylic acids is 1. The summed E-state index contributed by atoms with van der Waals surface area (Å²) < 4.78 is 0. The van der Waals surface area contributed by atoms with E-state index in [1.165, 1.54) is 0 Å². The number of carbonyl (C=O) groups is 1. The van der Waals surface area contributed by atoms with Crippen molar-refractivity contribution in [2.75, 3.05) is 5.73 Å². The summed E-state index contributed by atoms with van der Waals surface area (Å²) in [5.41, 5.74) is 5.27. The first-order valence-electron chi connectivity index (χ1n) is 2.93. The molecule has 0 aliphatic heterocycles. The molecular weight excluding hydrogens is 166 g/mol. The third-order valence-electron chi connectivity index (χ3n) is 1.20. The van der Waals surface area contributed by atoms with Gasteiger partial charge in [0.2, 0.25) is 5.13 Å². The first-order valence-corrected chi connectivity index (χ1v) is 3.74. The number of carboxylic acids is 1. The summed E-state index contributed by atoms with van der Waals surface area (Å²) in [5, 5.41) is 16.4. The van der Waals surface area contributed by atoms with Gasteiger partial charge in [0, 0.05) is 0 Å². The fraction of sp³-hybridized carbons (Fsp3) is 0.400. The molecule has 60 valence electrons. The lowest BCUT2D eigenvalue weighted by Gasteiger charge is -1.97. The first kappa shape index (κ1) is 7.93. The molecule has 1 atom stereocenters. The molecule has 1 aromatic heterocycles. The van der Waals surface area contributed by atoms with Crippen molar-refractivity contribution in [2.45, 2.75) is 12.8 Å². The van der Waals surface area contributed by atoms with Crippen molar-refractivity contribution in [3.8, 4) is 0 Å². The van der Waals surface area contributed by atoms with Gasteiger partial charge in [0.1, 0.15) is 10.9 Å². The van der Waals surface area contributed by atoms with Gasteiger partial charge in [-0.15, -0.1) is 10.2 Å². The second kappa shape index (κ2) is 2.83. The Bertz CT molecular complexity index is 272. The van der Waals surface area contributed by atoms with Gasteiger partial charge in [0.05, 0.1) is 0 Å². The van der Waals surface area contributed by atoms with Crippen LogP contribution in [0, 0.1) is 0 Å². The van der Waals surface area contributed by atoms with E-state index in [0.717, 1.165) is 11.3 Å². The van der Waals surface area contributed by atoms with E-state index in [0.29, 0.717) is 10.1 Å². The highest BCUT2D eigenvalue weighted by atomic mass is 32.1. The smallest absolute Gasteiger partial charge is 0.313 e. The van der Waals surface area contributed by atoms with Crippen LogP contribution in [-0.4, -0.2) is 21.3 Å². The van der Waals surface area contributed by atoms with Gasteiger partial charge in [-0.1, -0.05) is 11.3 Å². The molecule has 1 aromatic rings. The molecule has 0 saturated carbocycles. The van der Waals surface area contributed by atoms with Crippen LogP contribution in [0.15, 0.2) is 0 Å². The van der Waals surface area contributed by atoms with Crippen molar-refractivity contribution >= 4 is 22.4 Å². The number of hydrogen-bond donors (Lipinski definition) is 2. The molecule has 1 rings (SSSR count). The van der Waals surface area contributed by atoms with Crippen LogP contribution in [0.3, 0.4) is 0 Å². The average molecular weight is 173 g/mol. The standard InChI is InChI=1S/C5H7N3O2S/c1-2(4(9)10)3-7-8-5(6)11-3/h2H,1H3,(H2,6,8)(H,9,10). The summed E-state index contributed by atoms with van der Waals surface area (Å²) in [7, 11) is 0. The molecule has 11 heavy (non-hydrogen) atoms. The van der Waals surface area contributed by atoms with Gasteiger partial charge in [-0.3, -0.25) is 4.79 Å². The Balaban J connectivity index is 2.84. The summed E-state index contributed by atoms with van der Waals surface area (Å²) in [4.78, 5) is 10.4. The molecule has 3 N–H and O–H groups in total. The van der Waals surface area contributed by atoms with Crippen LogP contribution in [0.1, 0.15) is 17.8 Å². The Hall–Kier alpha value is -1.17. The van der Waals surface area contributed by atoms with Gasteiger partial charge in [-0.05, 0) is 6.92 Å². The topological polar surface area (TPSA) is 89.1 Å². The van der Waals surface area contributed by atoms with Crippen molar-refractivity contribution in [2.24, 2.45) is 0 Å². The molecule has 1 heterocycles. The molecule has 0 bridgehead atoms. The van der Waals surface area contributed by atoms with Crippen molar-refractivity contribution in [1.29, 1.82) is 0 Å². The maximum atomic E-state index is 10.4. The third-order valence-corrected chi connectivity index (χ3v) is 2.13. The maximum Gasteiger partial charge on any atom is 0.313 e. The van der Waals surface area contributed by atoms with Crippen LogP contribution in [0.5, 0.6) is 0 Å². The molecule has 0 saturated heterocycles. The zero-order valence-corrected chi connectivity index (χ0v) is 6.63. The van der Waals surface area contributed by atoms with E-state index in [4.69, 9.17) is 10.8 Å². The van der Waals surface area contributed by atoms with Gasteiger partial charge in [0.25, 0.3) is 0 Å². The molecule has 0 amide bonds. The molecule has 0 aliphatic carbocycles. The summed E-state index contributed by atoms with van der Waals surface area (Å²) >= 11 is 1.10. The summed E-state index contributed by atoms with van der Waals surface area (Å²) in [6.07, 6.45) is 0. The average Bonchev–Trinajstić information content (AvgIpc) is 2.34. The van der Waals surface area contributed by atoms with Crippen LogP contribution in [0.25, 0.3) is 0 Å². The minimum atomic E-state index is -0.916. The van der Waals surface area contributed by atoms with Crippen molar-refractivity contribution < 1.29 is 9.90 Å². The maximum absolute atomic E-state index is 10.4. The Morgan fingerprint density at radius 2 is 2.36 bits per heavy atom. The molecule has 0 aromatic carbocycles. The quantitative estimate of drug-likeness (QED) is 0.671. The summed E-state index contributed by atoms with van der Waals surface area (Å²) in [6.45, 7) is 1.54. The second-order valence-electron chi connectivity index (χ2n) is 2.04. The zero-order valence-electron chi connectivity index (χ0n) is 5.81. The van der Waals surface area contributed by atoms with Gasteiger partial charge in [-0.25, -0.2) is 0 Å². The Morgan fingerprint density at radius 3 is 2.73 bits per heavy atom. The van der Waals surface area contributed by atoms with Crippen LogP contribution >= 0.6 is 11.3 Å². The molecule has 0 aliphatic rings. The van der Waals surface area contributed by atoms with E-state index >= 15 is 0 Å². The van der Waals surface area contributed by atoms with Gasteiger partial charge >= 0.3 is 5.97 Å². The van der Waals surface area contributed by atoms with Crippen molar-refractivity contribution in [3.05, 3.63) is 5.01 Å². The largest absolute Gasteiger partial charge is 0.481 e. The molecule has 0 radical (unpaired) electrons. The fourth-order valence-electron chi connectivity index (χ4n) is 0.527. The van der Waals surface area contributed by atoms with E-state index in [-0.39, 0.29) is 0 Å². The highest BCUT2D eigenvalue weighted by Crippen LogP contribution is 2.20. The minimum Gasteiger partial charge on any atom is -0.481 e. The van der Waals surface area contributed by atoms with E-state index in [1.54, 1.807) is 6.92 Å². The first-order chi connectivity index (χ1) is 5.11. The van der Waals surface area contributed by atoms with Crippen molar-refractivity contribution in [3.63, 3.8) is 0 Å². The second-order valence-corrected chi connectivity index (χ2v) is 3.08. The predicted molar refractivity (Wildman–Crippen MR) is 40.4 cm³/mol. The predicted octanol–water partition coefficient (Wildman–Crippen LogP) is 0.308. The van der Waals surface area contributed by atoms with E-state index < -0.39 is 11.9 Å². The SMILES string of the molecule is CC(C(=O)O)c1nnc(N)s1. The van der Waals surface area contributed by atoms with Gasteiger partial charge in [-0.2, -0.15) is 0 Å². The summed E-state index contributed by atoms with van der Waals surface area (Å²) in [6, 6.07) is 0. The zero-order chi connectivity index (χ0) is 8.43. The number of hydrogen-bond acceptors (Lipinski definition) is 5. The van der Waals surface area contributed by atoms with Crippen LogP contribution in [0.2, 0.25) is 0 Å². The highest BCUT2D eigenvalue weighted by molar-refractivity contribution is 7.15. The van der Waals surface area contributed by atoms with E-state index in [2.05, 4.69) is 10.2 Å². The van der Waals surface area contributed by atoms with Crippen LogP contribution in [0.4, 0.5) is 5.13 Å². The third kappa shape index (κ3) is 1.64. The molecule has 1 unspecified atom stereocenters. The Morgan fingerprint density at radius 1 is 1.73 bits per heavy atom. The highest BCUT2D eigenvalue weighted by Gasteiger charge is 2.17. The number of aromatic nitrogens is 2. The number of nitrogen functional groups attached to an aromatic ring is 1. The van der Waals surface area contributed by atoms with Crippen LogP contribution < -0.4 is 5.73 Å². The molecule has 0 spiro atoms. The molecule has 5 nitrogen and oxygen atoms in total. The lowest BCUT2D eigenvalue weighted by molar-refractivity contribution is -0.138. The fourth-order valence-corrected chi connectivity index (χ4v) is 1.18.